The molecule has 0 aliphatic heterocycles. The number of benzene rings is 1. The zero-order valence-corrected chi connectivity index (χ0v) is 14.7. The molecule has 0 bridgehead atoms. The second-order valence-corrected chi connectivity index (χ2v) is 6.76. The number of nitrogens with one attached hydrogen (secondary N) is 2. The molecule has 4 rings (SSSR count). The number of ether oxygens (including phenoxy) is 1. The summed E-state index contributed by atoms with van der Waals surface area (Å²) >= 11 is 0. The van der Waals surface area contributed by atoms with Gasteiger partial charge >= 0.3 is 0 Å². The first-order valence-electron chi connectivity index (χ1n) is 9.02. The van der Waals surface area contributed by atoms with Crippen molar-refractivity contribution < 1.29 is 9.53 Å². The molecule has 1 fully saturated rings. The maximum absolute atomic E-state index is 12.6. The van der Waals surface area contributed by atoms with Gasteiger partial charge in [0.25, 0.3) is 5.91 Å². The molecule has 6 heteroatoms. The van der Waals surface area contributed by atoms with Crippen LogP contribution in [0, 0.1) is 6.92 Å². The van der Waals surface area contributed by atoms with E-state index in [2.05, 4.69) is 20.3 Å². The molecule has 1 saturated carbocycles. The van der Waals surface area contributed by atoms with Gasteiger partial charge < -0.3 is 15.0 Å². The van der Waals surface area contributed by atoms with Crippen LogP contribution in [0.15, 0.2) is 42.9 Å². The van der Waals surface area contributed by atoms with Gasteiger partial charge in [0.1, 0.15) is 11.3 Å². The minimum absolute atomic E-state index is 0.0600. The fraction of sp³-hybridized carbons (Fsp3) is 0.350. The normalized spacial score (nSPS) is 20.0. The van der Waals surface area contributed by atoms with E-state index in [1.165, 1.54) is 0 Å². The lowest BCUT2D eigenvalue weighted by molar-refractivity contribution is 0.0894. The molecule has 0 spiro atoms. The van der Waals surface area contributed by atoms with E-state index in [0.29, 0.717) is 11.1 Å². The maximum Gasteiger partial charge on any atom is 0.253 e. The van der Waals surface area contributed by atoms with Gasteiger partial charge in [-0.2, -0.15) is 0 Å². The van der Waals surface area contributed by atoms with Crippen molar-refractivity contribution in [3.05, 3.63) is 54.1 Å². The number of hydrogen-bond acceptors (Lipinski definition) is 4. The van der Waals surface area contributed by atoms with Gasteiger partial charge in [-0.25, -0.2) is 4.98 Å². The largest absolute Gasteiger partial charge is 0.489 e. The molecule has 1 aliphatic carbocycles. The third-order valence-corrected chi connectivity index (χ3v) is 4.96. The van der Waals surface area contributed by atoms with E-state index in [-0.39, 0.29) is 18.1 Å². The van der Waals surface area contributed by atoms with Crippen LogP contribution < -0.4 is 10.1 Å². The summed E-state index contributed by atoms with van der Waals surface area (Å²) < 4.78 is 6.08. The molecule has 1 aromatic carbocycles. The number of aryl methyl sites for hydroxylation is 1. The van der Waals surface area contributed by atoms with Crippen LogP contribution in [-0.4, -0.2) is 33.0 Å². The number of H-pyrrole nitrogens is 1. The number of carbonyl (C=O) groups is 1. The van der Waals surface area contributed by atoms with Crippen LogP contribution in [0.25, 0.3) is 11.0 Å². The van der Waals surface area contributed by atoms with Gasteiger partial charge in [-0.3, -0.25) is 9.78 Å². The van der Waals surface area contributed by atoms with Crippen molar-refractivity contribution in [2.75, 3.05) is 0 Å². The van der Waals surface area contributed by atoms with Gasteiger partial charge in [0.05, 0.1) is 29.2 Å². The molecule has 134 valence electrons. The van der Waals surface area contributed by atoms with Crippen molar-refractivity contribution in [3.8, 4) is 5.75 Å². The number of pyridine rings is 1. The molecule has 6 nitrogen and oxygen atoms in total. The zero-order chi connectivity index (χ0) is 17.9. The molecule has 2 aromatic heterocycles. The summed E-state index contributed by atoms with van der Waals surface area (Å²) in [5.41, 5.74) is 3.12. The van der Waals surface area contributed by atoms with Crippen molar-refractivity contribution in [2.45, 2.75) is 44.8 Å². The SMILES string of the molecule is Cc1ncccc1OC1CCC(NC(=O)c2cccc3[nH]cnc23)CC1. The number of nitrogens with zero attached hydrogens (tertiary/aromatic N) is 2. The number of imidazole rings is 1. The molecule has 0 saturated heterocycles. The summed E-state index contributed by atoms with van der Waals surface area (Å²) in [4.78, 5) is 24.2. The lowest BCUT2D eigenvalue weighted by atomic mass is 9.92. The van der Waals surface area contributed by atoms with Crippen LogP contribution in [0.4, 0.5) is 0 Å². The van der Waals surface area contributed by atoms with Gasteiger partial charge in [0, 0.05) is 12.2 Å². The molecule has 26 heavy (non-hydrogen) atoms. The molecule has 0 unspecified atom stereocenters. The number of fused-ring (bicyclic) bond motifs is 1. The second-order valence-electron chi connectivity index (χ2n) is 6.76. The summed E-state index contributed by atoms with van der Waals surface area (Å²) in [5, 5.41) is 3.15. The molecule has 0 atom stereocenters. The van der Waals surface area contributed by atoms with E-state index >= 15 is 0 Å². The third-order valence-electron chi connectivity index (χ3n) is 4.96. The third kappa shape index (κ3) is 3.40. The topological polar surface area (TPSA) is 79.9 Å². The Kier molecular flexibility index (Phi) is 4.56. The van der Waals surface area contributed by atoms with Crippen molar-refractivity contribution in [3.63, 3.8) is 0 Å². The molecule has 1 amide bonds. The number of hydrogen-bond donors (Lipinski definition) is 2. The highest BCUT2D eigenvalue weighted by Gasteiger charge is 2.25. The highest BCUT2D eigenvalue weighted by molar-refractivity contribution is 6.04. The number of rotatable bonds is 4. The first-order valence-corrected chi connectivity index (χ1v) is 9.02. The van der Waals surface area contributed by atoms with Crippen LogP contribution in [0.3, 0.4) is 0 Å². The van der Waals surface area contributed by atoms with E-state index in [9.17, 15) is 4.79 Å². The number of para-hydroxylation sites is 1. The predicted octanol–water partition coefficient (Wildman–Crippen LogP) is 3.39. The fourth-order valence-corrected chi connectivity index (χ4v) is 3.51. The Morgan fingerprint density at radius 2 is 2.00 bits per heavy atom. The molecular weight excluding hydrogens is 328 g/mol. The molecule has 3 aromatic rings. The highest BCUT2D eigenvalue weighted by atomic mass is 16.5. The van der Waals surface area contributed by atoms with Gasteiger partial charge in [-0.05, 0) is 56.9 Å². The van der Waals surface area contributed by atoms with Crippen LogP contribution in [0.1, 0.15) is 41.7 Å². The minimum Gasteiger partial charge on any atom is -0.489 e. The first kappa shape index (κ1) is 16.6. The molecule has 2 heterocycles. The van der Waals surface area contributed by atoms with E-state index in [1.807, 2.05) is 37.3 Å². The molecule has 0 radical (unpaired) electrons. The van der Waals surface area contributed by atoms with Crippen LogP contribution in [-0.2, 0) is 0 Å². The van der Waals surface area contributed by atoms with E-state index in [1.54, 1.807) is 12.5 Å². The number of aromatic amines is 1. The van der Waals surface area contributed by atoms with Gasteiger partial charge in [0.15, 0.2) is 0 Å². The fourth-order valence-electron chi connectivity index (χ4n) is 3.51. The van der Waals surface area contributed by atoms with Gasteiger partial charge in [-0.15, -0.1) is 0 Å². The lowest BCUT2D eigenvalue weighted by Gasteiger charge is -2.29. The summed E-state index contributed by atoms with van der Waals surface area (Å²) in [6.45, 7) is 1.96. The molecular formula is C20H22N4O2. The predicted molar refractivity (Wildman–Crippen MR) is 99.2 cm³/mol. The molecule has 1 aliphatic rings. The second kappa shape index (κ2) is 7.15. The van der Waals surface area contributed by atoms with Crippen LogP contribution >= 0.6 is 0 Å². The Hall–Kier alpha value is -2.89. The summed E-state index contributed by atoms with van der Waals surface area (Å²) in [6, 6.07) is 9.63. The van der Waals surface area contributed by atoms with Crippen molar-refractivity contribution in [1.29, 1.82) is 0 Å². The summed E-state index contributed by atoms with van der Waals surface area (Å²) in [7, 11) is 0. The standard InChI is InChI=1S/C20H22N4O2/c1-13-18(6-3-11-21-13)26-15-9-7-14(8-10-15)24-20(25)16-4-2-5-17-19(16)23-12-22-17/h2-6,11-12,14-15H,7-10H2,1H3,(H,22,23)(H,24,25). The lowest BCUT2D eigenvalue weighted by Crippen LogP contribution is -2.39. The maximum atomic E-state index is 12.6. The molecule has 2 N–H and O–H groups in total. The minimum atomic E-state index is -0.0600. The monoisotopic (exact) mass is 350 g/mol. The Bertz CT molecular complexity index is 913. The smallest absolute Gasteiger partial charge is 0.253 e. The van der Waals surface area contributed by atoms with Crippen molar-refractivity contribution in [1.82, 2.24) is 20.3 Å². The van der Waals surface area contributed by atoms with Crippen molar-refractivity contribution in [2.24, 2.45) is 0 Å². The van der Waals surface area contributed by atoms with E-state index < -0.39 is 0 Å². The number of amides is 1. The Morgan fingerprint density at radius 3 is 2.81 bits per heavy atom. The summed E-state index contributed by atoms with van der Waals surface area (Å²) in [5.74, 6) is 0.792. The first-order chi connectivity index (χ1) is 12.7. The van der Waals surface area contributed by atoms with Crippen LogP contribution in [0.2, 0.25) is 0 Å². The zero-order valence-electron chi connectivity index (χ0n) is 14.7. The van der Waals surface area contributed by atoms with E-state index in [4.69, 9.17) is 4.74 Å². The van der Waals surface area contributed by atoms with Gasteiger partial charge in [0.2, 0.25) is 0 Å². The highest BCUT2D eigenvalue weighted by Crippen LogP contribution is 2.25. The number of aromatic nitrogens is 3. The van der Waals surface area contributed by atoms with Gasteiger partial charge in [-0.1, -0.05) is 6.07 Å². The quantitative estimate of drug-likeness (QED) is 0.756. The van der Waals surface area contributed by atoms with Crippen LogP contribution in [0.5, 0.6) is 5.75 Å². The Morgan fingerprint density at radius 1 is 1.15 bits per heavy atom. The summed E-state index contributed by atoms with van der Waals surface area (Å²) in [6.07, 6.45) is 7.23. The Labute approximate surface area is 152 Å². The number of carbonyl (C=O) groups excluding carboxylic acids is 1. The van der Waals surface area contributed by atoms with E-state index in [0.717, 1.165) is 42.6 Å². The average Bonchev–Trinajstić information content (AvgIpc) is 3.14. The average molecular weight is 350 g/mol. The Balaban J connectivity index is 1.34. The van der Waals surface area contributed by atoms with Crippen molar-refractivity contribution >= 4 is 16.9 Å².